The maximum atomic E-state index is 12.8. The SMILES string of the molecule is O=C(C=Cc1ccc2c(c1)OCO2)OCc1ccc(F)cc1. The highest BCUT2D eigenvalue weighted by Gasteiger charge is 2.12. The molecule has 0 radical (unpaired) electrons. The third kappa shape index (κ3) is 3.44. The van der Waals surface area contributed by atoms with Crippen LogP contribution in [-0.4, -0.2) is 12.8 Å². The number of halogens is 1. The Kier molecular flexibility index (Phi) is 4.05. The highest BCUT2D eigenvalue weighted by molar-refractivity contribution is 5.87. The molecule has 2 aromatic rings. The van der Waals surface area contributed by atoms with Crippen molar-refractivity contribution in [3.63, 3.8) is 0 Å². The summed E-state index contributed by atoms with van der Waals surface area (Å²) in [4.78, 5) is 11.7. The van der Waals surface area contributed by atoms with E-state index in [4.69, 9.17) is 14.2 Å². The van der Waals surface area contributed by atoms with E-state index in [1.807, 2.05) is 6.07 Å². The van der Waals surface area contributed by atoms with Crippen molar-refractivity contribution in [2.45, 2.75) is 6.61 Å². The first-order chi connectivity index (χ1) is 10.7. The third-order valence-corrected chi connectivity index (χ3v) is 3.10. The van der Waals surface area contributed by atoms with Crippen LogP contribution in [0.5, 0.6) is 11.5 Å². The molecule has 1 heterocycles. The van der Waals surface area contributed by atoms with Crippen LogP contribution in [0.15, 0.2) is 48.5 Å². The van der Waals surface area contributed by atoms with E-state index in [-0.39, 0.29) is 19.2 Å². The Bertz CT molecular complexity index is 707. The molecule has 4 nitrogen and oxygen atoms in total. The number of hydrogen-bond donors (Lipinski definition) is 0. The first kappa shape index (κ1) is 14.1. The van der Waals surface area contributed by atoms with E-state index in [0.717, 1.165) is 11.1 Å². The molecule has 3 rings (SSSR count). The quantitative estimate of drug-likeness (QED) is 0.642. The number of hydrogen-bond acceptors (Lipinski definition) is 4. The van der Waals surface area contributed by atoms with Crippen LogP contribution in [0, 0.1) is 5.82 Å². The largest absolute Gasteiger partial charge is 0.458 e. The minimum absolute atomic E-state index is 0.102. The molecule has 1 aliphatic rings. The van der Waals surface area contributed by atoms with E-state index in [1.165, 1.54) is 18.2 Å². The summed E-state index contributed by atoms with van der Waals surface area (Å²) >= 11 is 0. The summed E-state index contributed by atoms with van der Waals surface area (Å²) in [6.07, 6.45) is 2.97. The Labute approximate surface area is 126 Å². The standard InChI is InChI=1S/C17H13FO4/c18-14-5-1-13(2-6-14)10-20-17(19)8-4-12-3-7-15-16(9-12)22-11-21-15/h1-9H,10-11H2. The average molecular weight is 300 g/mol. The Morgan fingerprint density at radius 1 is 1.14 bits per heavy atom. The topological polar surface area (TPSA) is 44.8 Å². The molecule has 0 aromatic heterocycles. The summed E-state index contributed by atoms with van der Waals surface area (Å²) in [5, 5.41) is 0. The second-order valence-corrected chi connectivity index (χ2v) is 4.68. The fourth-order valence-electron chi connectivity index (χ4n) is 1.96. The van der Waals surface area contributed by atoms with Gasteiger partial charge < -0.3 is 14.2 Å². The molecule has 0 unspecified atom stereocenters. The predicted octanol–water partition coefficient (Wildman–Crippen LogP) is 3.31. The van der Waals surface area contributed by atoms with Gasteiger partial charge in [-0.3, -0.25) is 0 Å². The van der Waals surface area contributed by atoms with Crippen LogP contribution in [0.4, 0.5) is 4.39 Å². The summed E-state index contributed by atoms with van der Waals surface area (Å²) in [7, 11) is 0. The molecular formula is C17H13FO4. The second-order valence-electron chi connectivity index (χ2n) is 4.68. The van der Waals surface area contributed by atoms with Gasteiger partial charge in [-0.15, -0.1) is 0 Å². The Morgan fingerprint density at radius 2 is 1.91 bits per heavy atom. The first-order valence-corrected chi connectivity index (χ1v) is 6.70. The monoisotopic (exact) mass is 300 g/mol. The number of carbonyl (C=O) groups is 1. The van der Waals surface area contributed by atoms with Gasteiger partial charge in [0.15, 0.2) is 11.5 Å². The van der Waals surface area contributed by atoms with E-state index in [0.29, 0.717) is 11.5 Å². The summed E-state index contributed by atoms with van der Waals surface area (Å²) < 4.78 is 28.3. The summed E-state index contributed by atoms with van der Waals surface area (Å²) in [6.45, 7) is 0.312. The van der Waals surface area contributed by atoms with Gasteiger partial charge in [-0.25, -0.2) is 9.18 Å². The van der Waals surface area contributed by atoms with Crippen molar-refractivity contribution in [2.75, 3.05) is 6.79 Å². The number of rotatable bonds is 4. The molecule has 0 N–H and O–H groups in total. The van der Waals surface area contributed by atoms with Crippen molar-refractivity contribution >= 4 is 12.0 Å². The molecule has 5 heteroatoms. The van der Waals surface area contributed by atoms with Gasteiger partial charge in [-0.1, -0.05) is 18.2 Å². The number of benzene rings is 2. The zero-order valence-corrected chi connectivity index (χ0v) is 11.6. The van der Waals surface area contributed by atoms with E-state index in [2.05, 4.69) is 0 Å². The fraction of sp³-hybridized carbons (Fsp3) is 0.118. The lowest BCUT2D eigenvalue weighted by atomic mass is 10.2. The van der Waals surface area contributed by atoms with Gasteiger partial charge in [0.2, 0.25) is 6.79 Å². The summed E-state index contributed by atoms with van der Waals surface area (Å²) in [5.74, 6) is 0.553. The van der Waals surface area contributed by atoms with Crippen molar-refractivity contribution in [1.29, 1.82) is 0 Å². The molecule has 0 saturated heterocycles. The van der Waals surface area contributed by atoms with Gasteiger partial charge in [-0.2, -0.15) is 0 Å². The van der Waals surface area contributed by atoms with E-state index < -0.39 is 5.97 Å². The van der Waals surface area contributed by atoms with E-state index in [9.17, 15) is 9.18 Å². The van der Waals surface area contributed by atoms with Crippen LogP contribution >= 0.6 is 0 Å². The van der Waals surface area contributed by atoms with E-state index in [1.54, 1.807) is 30.3 Å². The summed E-state index contributed by atoms with van der Waals surface area (Å²) in [5.41, 5.74) is 1.54. The lowest BCUT2D eigenvalue weighted by molar-refractivity contribution is -0.138. The number of carbonyl (C=O) groups excluding carboxylic acids is 1. The highest BCUT2D eigenvalue weighted by Crippen LogP contribution is 2.32. The van der Waals surface area contributed by atoms with Gasteiger partial charge in [0.1, 0.15) is 12.4 Å². The molecule has 0 bridgehead atoms. The third-order valence-electron chi connectivity index (χ3n) is 3.10. The predicted molar refractivity (Wildman–Crippen MR) is 77.8 cm³/mol. The molecule has 0 saturated carbocycles. The van der Waals surface area contributed by atoms with Crippen molar-refractivity contribution < 1.29 is 23.4 Å². The minimum atomic E-state index is -0.470. The maximum Gasteiger partial charge on any atom is 0.331 e. The van der Waals surface area contributed by atoms with Crippen molar-refractivity contribution in [2.24, 2.45) is 0 Å². The van der Waals surface area contributed by atoms with Gasteiger partial charge in [0.25, 0.3) is 0 Å². The van der Waals surface area contributed by atoms with Crippen molar-refractivity contribution in [1.82, 2.24) is 0 Å². The molecule has 1 aliphatic heterocycles. The molecule has 0 amide bonds. The van der Waals surface area contributed by atoms with Gasteiger partial charge in [0, 0.05) is 6.08 Å². The highest BCUT2D eigenvalue weighted by atomic mass is 19.1. The smallest absolute Gasteiger partial charge is 0.331 e. The van der Waals surface area contributed by atoms with Crippen molar-refractivity contribution in [3.05, 3.63) is 65.5 Å². The van der Waals surface area contributed by atoms with Crippen LogP contribution in [-0.2, 0) is 16.1 Å². The molecule has 0 spiro atoms. The van der Waals surface area contributed by atoms with E-state index >= 15 is 0 Å². The first-order valence-electron chi connectivity index (χ1n) is 6.70. The van der Waals surface area contributed by atoms with Crippen LogP contribution in [0.25, 0.3) is 6.08 Å². The molecule has 22 heavy (non-hydrogen) atoms. The van der Waals surface area contributed by atoms with Crippen LogP contribution in [0.2, 0.25) is 0 Å². The lowest BCUT2D eigenvalue weighted by Crippen LogP contribution is -2.00. The zero-order valence-electron chi connectivity index (χ0n) is 11.6. The van der Waals surface area contributed by atoms with Crippen LogP contribution in [0.3, 0.4) is 0 Å². The molecule has 0 atom stereocenters. The number of ether oxygens (including phenoxy) is 3. The molecule has 0 aliphatic carbocycles. The molecule has 2 aromatic carbocycles. The zero-order chi connectivity index (χ0) is 15.4. The molecule has 0 fully saturated rings. The van der Waals surface area contributed by atoms with Crippen molar-refractivity contribution in [3.8, 4) is 11.5 Å². The number of esters is 1. The van der Waals surface area contributed by atoms with Crippen LogP contribution < -0.4 is 9.47 Å². The lowest BCUT2D eigenvalue weighted by Gasteiger charge is -2.02. The van der Waals surface area contributed by atoms with Gasteiger partial charge in [-0.05, 0) is 41.5 Å². The molecular weight excluding hydrogens is 287 g/mol. The van der Waals surface area contributed by atoms with Gasteiger partial charge >= 0.3 is 5.97 Å². The minimum Gasteiger partial charge on any atom is -0.458 e. The number of fused-ring (bicyclic) bond motifs is 1. The van der Waals surface area contributed by atoms with Gasteiger partial charge in [0.05, 0.1) is 0 Å². The maximum absolute atomic E-state index is 12.8. The van der Waals surface area contributed by atoms with Crippen LogP contribution in [0.1, 0.15) is 11.1 Å². The normalized spacial score (nSPS) is 12.6. The second kappa shape index (κ2) is 6.30. The fourth-order valence-corrected chi connectivity index (χ4v) is 1.96. The Balaban J connectivity index is 1.56. The average Bonchev–Trinajstić information content (AvgIpc) is 3.00. The summed E-state index contributed by atoms with van der Waals surface area (Å²) in [6, 6.07) is 11.2. The Morgan fingerprint density at radius 3 is 2.73 bits per heavy atom. The Hall–Kier alpha value is -2.82. The molecule has 112 valence electrons.